The van der Waals surface area contributed by atoms with Crippen molar-refractivity contribution in [3.05, 3.63) is 0 Å². The van der Waals surface area contributed by atoms with Gasteiger partial charge in [0.2, 0.25) is 0 Å². The van der Waals surface area contributed by atoms with E-state index < -0.39 is 11.8 Å². The van der Waals surface area contributed by atoms with Crippen molar-refractivity contribution in [1.29, 1.82) is 5.41 Å². The van der Waals surface area contributed by atoms with E-state index in [0.29, 0.717) is 12.8 Å². The molecule has 1 saturated carbocycles. The first-order valence-corrected chi connectivity index (χ1v) is 3.26. The van der Waals surface area contributed by atoms with Crippen molar-refractivity contribution < 1.29 is 8.78 Å². The van der Waals surface area contributed by atoms with Gasteiger partial charge in [-0.2, -0.15) is 0 Å². The van der Waals surface area contributed by atoms with Crippen molar-refractivity contribution in [2.75, 3.05) is 0 Å². The molecular weight excluding hydrogens is 138 g/mol. The van der Waals surface area contributed by atoms with E-state index in [1.54, 1.807) is 0 Å². The summed E-state index contributed by atoms with van der Waals surface area (Å²) < 4.78 is 25.3. The molecule has 0 aromatic carbocycles. The Kier molecular flexibility index (Phi) is 1.62. The maximum absolute atomic E-state index is 12.6. The molecule has 0 radical (unpaired) electrons. The number of nitrogens with two attached hydrogens (primary N) is 1. The third kappa shape index (κ3) is 1.10. The fourth-order valence-electron chi connectivity index (χ4n) is 1.31. The number of halogens is 2. The molecule has 0 aliphatic heterocycles. The molecule has 0 amide bonds. The van der Waals surface area contributed by atoms with Gasteiger partial charge >= 0.3 is 0 Å². The van der Waals surface area contributed by atoms with Crippen LogP contribution in [0.3, 0.4) is 0 Å². The van der Waals surface area contributed by atoms with Gasteiger partial charge in [0.25, 0.3) is 5.92 Å². The van der Waals surface area contributed by atoms with Crippen LogP contribution in [0.15, 0.2) is 0 Å². The second-order valence-electron chi connectivity index (χ2n) is 2.66. The van der Waals surface area contributed by atoms with Crippen LogP contribution < -0.4 is 5.73 Å². The summed E-state index contributed by atoms with van der Waals surface area (Å²) in [6.07, 6.45) is 0.733. The molecule has 0 aromatic rings. The van der Waals surface area contributed by atoms with E-state index in [2.05, 4.69) is 0 Å². The van der Waals surface area contributed by atoms with Gasteiger partial charge in [0, 0.05) is 6.42 Å². The monoisotopic (exact) mass is 148 g/mol. The highest BCUT2D eigenvalue weighted by Crippen LogP contribution is 2.39. The highest BCUT2D eigenvalue weighted by molar-refractivity contribution is 5.80. The van der Waals surface area contributed by atoms with E-state index in [-0.39, 0.29) is 12.3 Å². The fraction of sp³-hybridized carbons (Fsp3) is 0.833. The van der Waals surface area contributed by atoms with E-state index in [4.69, 9.17) is 11.1 Å². The smallest absolute Gasteiger partial charge is 0.257 e. The van der Waals surface area contributed by atoms with Gasteiger partial charge in [0.05, 0.1) is 11.8 Å². The Bertz CT molecular complexity index is 156. The number of nitrogens with one attached hydrogen (secondary N) is 1. The van der Waals surface area contributed by atoms with E-state index in [9.17, 15) is 8.78 Å². The van der Waals surface area contributed by atoms with Crippen LogP contribution in [0.25, 0.3) is 0 Å². The quantitative estimate of drug-likeness (QED) is 0.428. The van der Waals surface area contributed by atoms with Crippen LogP contribution in [0.1, 0.15) is 19.3 Å². The van der Waals surface area contributed by atoms with E-state index in [1.807, 2.05) is 0 Å². The zero-order valence-corrected chi connectivity index (χ0v) is 5.53. The van der Waals surface area contributed by atoms with Crippen molar-refractivity contribution in [1.82, 2.24) is 0 Å². The van der Waals surface area contributed by atoms with Crippen LogP contribution in [0.5, 0.6) is 0 Å². The van der Waals surface area contributed by atoms with Crippen LogP contribution in [-0.4, -0.2) is 11.8 Å². The Hall–Kier alpha value is -0.670. The maximum Gasteiger partial charge on any atom is 0.257 e. The normalized spacial score (nSPS) is 30.4. The minimum atomic E-state index is -2.72. The second-order valence-corrected chi connectivity index (χ2v) is 2.66. The van der Waals surface area contributed by atoms with Crippen LogP contribution >= 0.6 is 0 Å². The molecular formula is C6H10F2N2. The molecule has 1 aliphatic rings. The summed E-state index contributed by atoms with van der Waals surface area (Å²) in [5.74, 6) is -4.08. The molecule has 0 spiro atoms. The van der Waals surface area contributed by atoms with Gasteiger partial charge < -0.3 is 5.73 Å². The maximum atomic E-state index is 12.6. The van der Waals surface area contributed by atoms with Crippen molar-refractivity contribution in [2.24, 2.45) is 11.7 Å². The van der Waals surface area contributed by atoms with Crippen molar-refractivity contribution in [3.8, 4) is 0 Å². The summed E-state index contributed by atoms with van der Waals surface area (Å²) in [5.41, 5.74) is 4.98. The standard InChI is InChI=1S/C6H10F2N2/c7-6(8)3-1-2-4(6)5(9)10/h4H,1-3H2,(H3,9,10). The van der Waals surface area contributed by atoms with Gasteiger partial charge in [-0.05, 0) is 12.8 Å². The van der Waals surface area contributed by atoms with Crippen molar-refractivity contribution >= 4 is 5.84 Å². The van der Waals surface area contributed by atoms with Gasteiger partial charge in [-0.25, -0.2) is 8.78 Å². The predicted octanol–water partition coefficient (Wildman–Crippen LogP) is 1.36. The zero-order chi connectivity index (χ0) is 7.78. The Morgan fingerprint density at radius 1 is 1.60 bits per heavy atom. The third-order valence-electron chi connectivity index (χ3n) is 1.89. The van der Waals surface area contributed by atoms with E-state index >= 15 is 0 Å². The largest absolute Gasteiger partial charge is 0.387 e. The SMILES string of the molecule is N=C(N)C1CCCC1(F)F. The average molecular weight is 148 g/mol. The molecule has 1 rings (SSSR count). The minimum Gasteiger partial charge on any atom is -0.387 e. The molecule has 1 aliphatic carbocycles. The molecule has 0 bridgehead atoms. The number of alkyl halides is 2. The second kappa shape index (κ2) is 2.18. The molecule has 1 unspecified atom stereocenters. The van der Waals surface area contributed by atoms with Crippen molar-refractivity contribution in [2.45, 2.75) is 25.2 Å². The predicted molar refractivity (Wildman–Crippen MR) is 34.2 cm³/mol. The highest BCUT2D eigenvalue weighted by atomic mass is 19.3. The molecule has 1 fully saturated rings. The van der Waals surface area contributed by atoms with Gasteiger partial charge in [-0.15, -0.1) is 0 Å². The van der Waals surface area contributed by atoms with Gasteiger partial charge in [-0.1, -0.05) is 0 Å². The van der Waals surface area contributed by atoms with E-state index in [0.717, 1.165) is 0 Å². The first-order chi connectivity index (χ1) is 4.54. The Balaban J connectivity index is 2.68. The fourth-order valence-corrected chi connectivity index (χ4v) is 1.31. The Morgan fingerprint density at radius 2 is 2.20 bits per heavy atom. The molecule has 4 heteroatoms. The number of amidine groups is 1. The summed E-state index contributed by atoms with van der Waals surface area (Å²) >= 11 is 0. The topological polar surface area (TPSA) is 49.9 Å². The summed E-state index contributed by atoms with van der Waals surface area (Å²) in [7, 11) is 0. The lowest BCUT2D eigenvalue weighted by molar-refractivity contribution is -0.0139. The first-order valence-electron chi connectivity index (χ1n) is 3.26. The highest BCUT2D eigenvalue weighted by Gasteiger charge is 2.45. The lowest BCUT2D eigenvalue weighted by atomic mass is 10.0. The van der Waals surface area contributed by atoms with E-state index in [1.165, 1.54) is 0 Å². The lowest BCUT2D eigenvalue weighted by Crippen LogP contribution is -2.33. The van der Waals surface area contributed by atoms with Gasteiger partial charge in [0.1, 0.15) is 0 Å². The number of hydrogen-bond acceptors (Lipinski definition) is 1. The summed E-state index contributed by atoms with van der Waals surface area (Å²) in [4.78, 5) is 0. The summed E-state index contributed by atoms with van der Waals surface area (Å²) in [6, 6.07) is 0. The molecule has 0 aromatic heterocycles. The molecule has 3 N–H and O–H groups in total. The lowest BCUT2D eigenvalue weighted by Gasteiger charge is -2.16. The van der Waals surface area contributed by atoms with Crippen LogP contribution in [0, 0.1) is 11.3 Å². The van der Waals surface area contributed by atoms with Crippen LogP contribution in [0.2, 0.25) is 0 Å². The molecule has 2 nitrogen and oxygen atoms in total. The zero-order valence-electron chi connectivity index (χ0n) is 5.53. The molecule has 1 atom stereocenters. The average Bonchev–Trinajstić information content (AvgIpc) is 2.08. The number of hydrogen-bond donors (Lipinski definition) is 2. The minimum absolute atomic E-state index is 0.114. The van der Waals surface area contributed by atoms with Crippen LogP contribution in [0.4, 0.5) is 8.78 Å². The molecule has 0 saturated heterocycles. The molecule has 58 valence electrons. The van der Waals surface area contributed by atoms with Gasteiger partial charge in [-0.3, -0.25) is 5.41 Å². The van der Waals surface area contributed by atoms with Gasteiger partial charge in [0.15, 0.2) is 0 Å². The summed E-state index contributed by atoms with van der Waals surface area (Å²) in [5, 5.41) is 6.84. The Morgan fingerprint density at radius 3 is 2.40 bits per heavy atom. The van der Waals surface area contributed by atoms with Crippen LogP contribution in [-0.2, 0) is 0 Å². The number of rotatable bonds is 1. The molecule has 10 heavy (non-hydrogen) atoms. The first kappa shape index (κ1) is 7.44. The summed E-state index contributed by atoms with van der Waals surface area (Å²) in [6.45, 7) is 0. The molecule has 0 heterocycles. The van der Waals surface area contributed by atoms with Crippen molar-refractivity contribution in [3.63, 3.8) is 0 Å². The Labute approximate surface area is 57.9 Å². The third-order valence-corrected chi connectivity index (χ3v) is 1.89.